The van der Waals surface area contributed by atoms with E-state index in [0.717, 1.165) is 25.0 Å². The molecule has 1 aromatic heterocycles. The van der Waals surface area contributed by atoms with Gasteiger partial charge in [0.15, 0.2) is 0 Å². The maximum absolute atomic E-state index is 14.8. The standard InChI is InChI=1S/C24H23F3N2O2/c1-3-11-29-13(2)19(20-17(26)9-10-18(27)21(20)24(29)31)23(30)28-22(14-7-8-14)15-5-4-6-16(25)12-15/h4-6,9-10,12,14,22H,3,7-8,11H2,1-2H3,(H,28,30). The molecule has 1 N–H and O–H groups in total. The van der Waals surface area contributed by atoms with Crippen molar-refractivity contribution in [3.63, 3.8) is 0 Å². The highest BCUT2D eigenvalue weighted by molar-refractivity contribution is 6.08. The van der Waals surface area contributed by atoms with Crippen LogP contribution in [-0.2, 0) is 6.54 Å². The number of amides is 1. The van der Waals surface area contributed by atoms with Gasteiger partial charge in [0.25, 0.3) is 11.5 Å². The molecule has 0 aliphatic heterocycles. The van der Waals surface area contributed by atoms with Crippen molar-refractivity contribution < 1.29 is 18.0 Å². The summed E-state index contributed by atoms with van der Waals surface area (Å²) in [6.07, 6.45) is 2.33. The Kier molecular flexibility index (Phi) is 5.60. The second-order valence-electron chi connectivity index (χ2n) is 8.04. The van der Waals surface area contributed by atoms with Crippen LogP contribution in [-0.4, -0.2) is 10.5 Å². The van der Waals surface area contributed by atoms with E-state index in [9.17, 15) is 22.8 Å². The Morgan fingerprint density at radius 2 is 1.81 bits per heavy atom. The van der Waals surface area contributed by atoms with E-state index in [1.807, 2.05) is 6.92 Å². The molecular formula is C24H23F3N2O2. The number of benzene rings is 2. The summed E-state index contributed by atoms with van der Waals surface area (Å²) < 4.78 is 44.5. The van der Waals surface area contributed by atoms with E-state index in [1.54, 1.807) is 19.1 Å². The van der Waals surface area contributed by atoms with Gasteiger partial charge >= 0.3 is 0 Å². The van der Waals surface area contributed by atoms with Crippen LogP contribution in [0.5, 0.6) is 0 Å². The van der Waals surface area contributed by atoms with Crippen LogP contribution in [0.15, 0.2) is 41.2 Å². The number of fused-ring (bicyclic) bond motifs is 1. The van der Waals surface area contributed by atoms with Gasteiger partial charge in [0.2, 0.25) is 0 Å². The van der Waals surface area contributed by atoms with Crippen molar-refractivity contribution in [3.05, 3.63) is 81.0 Å². The SMILES string of the molecule is CCCn1c(C)c(C(=O)NC(c2cccc(F)c2)C2CC2)c2c(F)ccc(F)c2c1=O. The fourth-order valence-electron chi connectivity index (χ4n) is 4.20. The van der Waals surface area contributed by atoms with Crippen molar-refractivity contribution in [3.8, 4) is 0 Å². The first kappa shape index (κ1) is 21.2. The van der Waals surface area contributed by atoms with Gasteiger partial charge in [-0.05, 0) is 61.9 Å². The number of carbonyl (C=O) groups is 1. The lowest BCUT2D eigenvalue weighted by molar-refractivity contribution is 0.0931. The lowest BCUT2D eigenvalue weighted by Crippen LogP contribution is -2.34. The molecule has 162 valence electrons. The zero-order chi connectivity index (χ0) is 22.3. The normalized spacial score (nSPS) is 14.6. The first-order chi connectivity index (χ1) is 14.8. The van der Waals surface area contributed by atoms with Gasteiger partial charge in [-0.15, -0.1) is 0 Å². The van der Waals surface area contributed by atoms with E-state index in [-0.39, 0.29) is 29.1 Å². The summed E-state index contributed by atoms with van der Waals surface area (Å²) in [4.78, 5) is 26.3. The number of halogens is 3. The first-order valence-electron chi connectivity index (χ1n) is 10.4. The van der Waals surface area contributed by atoms with E-state index in [0.29, 0.717) is 12.0 Å². The molecule has 0 saturated heterocycles. The summed E-state index contributed by atoms with van der Waals surface area (Å²) in [7, 11) is 0. The molecule has 1 atom stereocenters. The minimum absolute atomic E-state index is 0.0675. The van der Waals surface area contributed by atoms with E-state index in [1.165, 1.54) is 16.7 Å². The molecule has 0 spiro atoms. The fraction of sp³-hybridized carbons (Fsp3) is 0.333. The van der Waals surface area contributed by atoms with Crippen molar-refractivity contribution in [2.75, 3.05) is 0 Å². The number of hydrogen-bond donors (Lipinski definition) is 1. The topological polar surface area (TPSA) is 51.1 Å². The number of nitrogens with one attached hydrogen (secondary N) is 1. The average Bonchev–Trinajstić information content (AvgIpc) is 3.57. The summed E-state index contributed by atoms with van der Waals surface area (Å²) in [6, 6.07) is 7.35. The minimum Gasteiger partial charge on any atom is -0.345 e. The van der Waals surface area contributed by atoms with E-state index in [2.05, 4.69) is 5.32 Å². The van der Waals surface area contributed by atoms with Crippen LogP contribution in [0.25, 0.3) is 10.8 Å². The van der Waals surface area contributed by atoms with Crippen LogP contribution in [0.4, 0.5) is 13.2 Å². The van der Waals surface area contributed by atoms with Crippen molar-refractivity contribution in [1.82, 2.24) is 9.88 Å². The Hall–Kier alpha value is -3.09. The highest BCUT2D eigenvalue weighted by Crippen LogP contribution is 2.41. The van der Waals surface area contributed by atoms with Gasteiger partial charge in [-0.25, -0.2) is 13.2 Å². The Balaban J connectivity index is 1.87. The van der Waals surface area contributed by atoms with Crippen LogP contribution in [0.3, 0.4) is 0 Å². The molecule has 7 heteroatoms. The van der Waals surface area contributed by atoms with Gasteiger partial charge in [0.1, 0.15) is 17.5 Å². The molecule has 3 aromatic rings. The molecule has 1 fully saturated rings. The van der Waals surface area contributed by atoms with Gasteiger partial charge in [0, 0.05) is 17.6 Å². The lowest BCUT2D eigenvalue weighted by Gasteiger charge is -2.22. The van der Waals surface area contributed by atoms with Crippen LogP contribution in [0.2, 0.25) is 0 Å². The average molecular weight is 428 g/mol. The zero-order valence-electron chi connectivity index (χ0n) is 17.3. The summed E-state index contributed by atoms with van der Waals surface area (Å²) in [5.74, 6) is -2.59. The van der Waals surface area contributed by atoms with Gasteiger partial charge < -0.3 is 9.88 Å². The van der Waals surface area contributed by atoms with Crippen molar-refractivity contribution in [2.45, 2.75) is 45.7 Å². The molecule has 2 aromatic carbocycles. The maximum Gasteiger partial charge on any atom is 0.261 e. The van der Waals surface area contributed by atoms with Crippen LogP contribution in [0, 0.1) is 30.3 Å². The van der Waals surface area contributed by atoms with Gasteiger partial charge in [-0.1, -0.05) is 19.1 Å². The third-order valence-corrected chi connectivity index (χ3v) is 5.84. The molecule has 1 heterocycles. The second kappa shape index (κ2) is 8.21. The third-order valence-electron chi connectivity index (χ3n) is 5.84. The summed E-state index contributed by atoms with van der Waals surface area (Å²) in [5.41, 5.74) is 0.162. The monoisotopic (exact) mass is 428 g/mol. The molecule has 31 heavy (non-hydrogen) atoms. The fourth-order valence-corrected chi connectivity index (χ4v) is 4.20. The van der Waals surface area contributed by atoms with Crippen molar-refractivity contribution in [2.24, 2.45) is 5.92 Å². The molecule has 0 bridgehead atoms. The molecule has 1 amide bonds. The Morgan fingerprint density at radius 3 is 2.42 bits per heavy atom. The van der Waals surface area contributed by atoms with Gasteiger partial charge in [-0.2, -0.15) is 0 Å². The molecule has 4 nitrogen and oxygen atoms in total. The van der Waals surface area contributed by atoms with E-state index < -0.39 is 40.3 Å². The van der Waals surface area contributed by atoms with Crippen LogP contribution < -0.4 is 10.9 Å². The maximum atomic E-state index is 14.8. The number of carbonyl (C=O) groups excluding carboxylic acids is 1. The van der Waals surface area contributed by atoms with Crippen molar-refractivity contribution in [1.29, 1.82) is 0 Å². The molecule has 1 unspecified atom stereocenters. The summed E-state index contributed by atoms with van der Waals surface area (Å²) in [5, 5.41) is 2.15. The minimum atomic E-state index is -0.871. The predicted molar refractivity (Wildman–Crippen MR) is 112 cm³/mol. The Morgan fingerprint density at radius 1 is 1.13 bits per heavy atom. The number of nitrogens with zero attached hydrogens (tertiary/aromatic N) is 1. The third kappa shape index (κ3) is 3.84. The second-order valence-corrected chi connectivity index (χ2v) is 8.04. The summed E-state index contributed by atoms with van der Waals surface area (Å²) >= 11 is 0. The number of hydrogen-bond acceptors (Lipinski definition) is 2. The molecule has 1 aliphatic rings. The highest BCUT2D eigenvalue weighted by Gasteiger charge is 2.35. The summed E-state index contributed by atoms with van der Waals surface area (Å²) in [6.45, 7) is 3.68. The first-order valence-corrected chi connectivity index (χ1v) is 10.4. The predicted octanol–water partition coefficient (Wildman–Crippen LogP) is 5.02. The van der Waals surface area contributed by atoms with Crippen LogP contribution >= 0.6 is 0 Å². The van der Waals surface area contributed by atoms with E-state index in [4.69, 9.17) is 0 Å². The number of rotatable bonds is 6. The van der Waals surface area contributed by atoms with Gasteiger partial charge in [0.05, 0.1) is 17.0 Å². The number of aromatic nitrogens is 1. The smallest absolute Gasteiger partial charge is 0.261 e. The van der Waals surface area contributed by atoms with Crippen molar-refractivity contribution >= 4 is 16.7 Å². The molecular weight excluding hydrogens is 405 g/mol. The van der Waals surface area contributed by atoms with Gasteiger partial charge in [-0.3, -0.25) is 9.59 Å². The lowest BCUT2D eigenvalue weighted by atomic mass is 9.99. The molecule has 4 rings (SSSR count). The van der Waals surface area contributed by atoms with Crippen LogP contribution in [0.1, 0.15) is 53.8 Å². The zero-order valence-corrected chi connectivity index (χ0v) is 17.3. The molecule has 0 radical (unpaired) electrons. The number of pyridine rings is 1. The quantitative estimate of drug-likeness (QED) is 0.600. The Bertz CT molecular complexity index is 1230. The molecule has 1 aliphatic carbocycles. The highest BCUT2D eigenvalue weighted by atomic mass is 19.1. The Labute approximate surface area is 177 Å². The molecule has 1 saturated carbocycles. The largest absolute Gasteiger partial charge is 0.345 e. The van der Waals surface area contributed by atoms with E-state index >= 15 is 0 Å².